The second kappa shape index (κ2) is 4.15. The Hall–Kier alpha value is -1.98. The standard InChI is InChI=1S/C7H9N5O/c1-3-9-11(4-2)7(13)12-6-8-5-10-12/h3-6H,2H2,1H3/b9-3-. The Morgan fingerprint density at radius 1 is 1.77 bits per heavy atom. The maximum absolute atomic E-state index is 11.4. The van der Waals surface area contributed by atoms with Gasteiger partial charge in [-0.25, -0.2) is 9.78 Å². The van der Waals surface area contributed by atoms with E-state index in [-0.39, 0.29) is 0 Å². The smallest absolute Gasteiger partial charge is 0.244 e. The van der Waals surface area contributed by atoms with Crippen LogP contribution >= 0.6 is 0 Å². The normalized spacial score (nSPS) is 10.2. The molecule has 13 heavy (non-hydrogen) atoms. The monoisotopic (exact) mass is 179 g/mol. The van der Waals surface area contributed by atoms with Crippen LogP contribution in [0.4, 0.5) is 4.79 Å². The third-order valence-corrected chi connectivity index (χ3v) is 1.22. The van der Waals surface area contributed by atoms with Gasteiger partial charge >= 0.3 is 6.03 Å². The summed E-state index contributed by atoms with van der Waals surface area (Å²) in [5.41, 5.74) is 0. The van der Waals surface area contributed by atoms with E-state index in [9.17, 15) is 4.79 Å². The number of nitrogens with zero attached hydrogens (tertiary/aromatic N) is 5. The van der Waals surface area contributed by atoms with Crippen molar-refractivity contribution in [1.29, 1.82) is 0 Å². The molecule has 0 aromatic carbocycles. The number of aromatic nitrogens is 3. The van der Waals surface area contributed by atoms with Crippen molar-refractivity contribution >= 4 is 12.2 Å². The van der Waals surface area contributed by atoms with E-state index < -0.39 is 6.03 Å². The Morgan fingerprint density at radius 2 is 2.54 bits per heavy atom. The molecule has 1 amide bonds. The number of amides is 1. The van der Waals surface area contributed by atoms with Gasteiger partial charge in [0.1, 0.15) is 12.7 Å². The van der Waals surface area contributed by atoms with Crippen molar-refractivity contribution in [1.82, 2.24) is 19.8 Å². The van der Waals surface area contributed by atoms with Crippen LogP contribution in [-0.4, -0.2) is 32.0 Å². The number of rotatable bonds is 2. The van der Waals surface area contributed by atoms with E-state index in [1.807, 2.05) is 0 Å². The molecule has 0 aliphatic heterocycles. The van der Waals surface area contributed by atoms with Gasteiger partial charge in [0.15, 0.2) is 0 Å². The van der Waals surface area contributed by atoms with Gasteiger partial charge in [-0.2, -0.15) is 19.9 Å². The fourth-order valence-electron chi connectivity index (χ4n) is 0.711. The molecule has 0 atom stereocenters. The lowest BCUT2D eigenvalue weighted by atomic mass is 10.8. The van der Waals surface area contributed by atoms with Gasteiger partial charge in [-0.05, 0) is 6.92 Å². The van der Waals surface area contributed by atoms with E-state index in [0.29, 0.717) is 0 Å². The fraction of sp³-hybridized carbons (Fsp3) is 0.143. The molecule has 0 saturated heterocycles. The van der Waals surface area contributed by atoms with Gasteiger partial charge in [0.05, 0.1) is 0 Å². The van der Waals surface area contributed by atoms with Crippen molar-refractivity contribution in [2.24, 2.45) is 5.10 Å². The Balaban J connectivity index is 2.82. The molecule has 0 unspecified atom stereocenters. The molecule has 1 aromatic heterocycles. The van der Waals surface area contributed by atoms with Crippen molar-refractivity contribution in [3.8, 4) is 0 Å². The highest BCUT2D eigenvalue weighted by atomic mass is 16.2. The molecule has 0 aliphatic carbocycles. The predicted molar refractivity (Wildman–Crippen MR) is 47.0 cm³/mol. The quantitative estimate of drug-likeness (QED) is 0.495. The highest BCUT2D eigenvalue weighted by molar-refractivity contribution is 5.77. The number of hydrogen-bond acceptors (Lipinski definition) is 4. The summed E-state index contributed by atoms with van der Waals surface area (Å²) in [6.07, 6.45) is 5.35. The molecule has 1 heterocycles. The van der Waals surface area contributed by atoms with Crippen LogP contribution in [0.3, 0.4) is 0 Å². The van der Waals surface area contributed by atoms with Gasteiger partial charge in [-0.15, -0.1) is 0 Å². The summed E-state index contributed by atoms with van der Waals surface area (Å²) in [4.78, 5) is 15.1. The molecule has 0 fully saturated rings. The van der Waals surface area contributed by atoms with Crippen molar-refractivity contribution in [2.45, 2.75) is 6.92 Å². The first-order valence-electron chi connectivity index (χ1n) is 3.59. The zero-order chi connectivity index (χ0) is 9.68. The molecular formula is C7H9N5O. The van der Waals surface area contributed by atoms with E-state index in [2.05, 4.69) is 21.8 Å². The molecule has 0 saturated carbocycles. The zero-order valence-electron chi connectivity index (χ0n) is 7.16. The van der Waals surface area contributed by atoms with E-state index in [0.717, 1.165) is 9.69 Å². The minimum Gasteiger partial charge on any atom is -0.244 e. The summed E-state index contributed by atoms with van der Waals surface area (Å²) < 4.78 is 1.06. The number of hydrazone groups is 1. The summed E-state index contributed by atoms with van der Waals surface area (Å²) in [5, 5.41) is 8.47. The molecule has 1 rings (SSSR count). The average molecular weight is 179 g/mol. The molecule has 6 nitrogen and oxygen atoms in total. The molecule has 0 bridgehead atoms. The van der Waals surface area contributed by atoms with Crippen molar-refractivity contribution < 1.29 is 4.79 Å². The summed E-state index contributed by atoms with van der Waals surface area (Å²) >= 11 is 0. The average Bonchev–Trinajstić information content (AvgIpc) is 2.65. The lowest BCUT2D eigenvalue weighted by Gasteiger charge is -2.09. The first-order chi connectivity index (χ1) is 6.29. The fourth-order valence-corrected chi connectivity index (χ4v) is 0.711. The number of hydrogen-bond donors (Lipinski definition) is 0. The third-order valence-electron chi connectivity index (χ3n) is 1.22. The van der Waals surface area contributed by atoms with Crippen molar-refractivity contribution in [3.63, 3.8) is 0 Å². The van der Waals surface area contributed by atoms with Crippen LogP contribution in [0.25, 0.3) is 0 Å². The Labute approximate surface area is 75.2 Å². The lowest BCUT2D eigenvalue weighted by Crippen LogP contribution is -2.25. The van der Waals surface area contributed by atoms with Gasteiger partial charge in [0.25, 0.3) is 0 Å². The molecule has 0 N–H and O–H groups in total. The molecule has 0 spiro atoms. The van der Waals surface area contributed by atoms with Gasteiger partial charge in [0, 0.05) is 12.4 Å². The van der Waals surface area contributed by atoms with Gasteiger partial charge in [-0.3, -0.25) is 0 Å². The Morgan fingerprint density at radius 3 is 3.00 bits per heavy atom. The van der Waals surface area contributed by atoms with E-state index >= 15 is 0 Å². The molecular weight excluding hydrogens is 170 g/mol. The van der Waals surface area contributed by atoms with Crippen LogP contribution in [0.5, 0.6) is 0 Å². The minimum atomic E-state index is -0.425. The SMILES string of the molecule is C=CN(/N=C\C)C(=O)n1cncn1. The summed E-state index contributed by atoms with van der Waals surface area (Å²) in [7, 11) is 0. The van der Waals surface area contributed by atoms with E-state index in [1.165, 1.54) is 25.1 Å². The van der Waals surface area contributed by atoms with Crippen LogP contribution in [-0.2, 0) is 0 Å². The van der Waals surface area contributed by atoms with Crippen molar-refractivity contribution in [2.75, 3.05) is 0 Å². The lowest BCUT2D eigenvalue weighted by molar-refractivity contribution is 0.215. The number of carbonyl (C=O) groups is 1. The van der Waals surface area contributed by atoms with Crippen LogP contribution in [0.2, 0.25) is 0 Å². The molecule has 0 aliphatic rings. The van der Waals surface area contributed by atoms with Crippen LogP contribution < -0.4 is 0 Å². The third kappa shape index (κ3) is 1.98. The first kappa shape index (κ1) is 9.11. The van der Waals surface area contributed by atoms with Gasteiger partial charge < -0.3 is 0 Å². The first-order valence-corrected chi connectivity index (χ1v) is 3.59. The summed E-state index contributed by atoms with van der Waals surface area (Å²) in [6.45, 7) is 5.14. The Kier molecular flexibility index (Phi) is 2.91. The van der Waals surface area contributed by atoms with Crippen LogP contribution in [0.15, 0.2) is 30.5 Å². The molecule has 1 aromatic rings. The highest BCUT2D eigenvalue weighted by Crippen LogP contribution is 1.94. The van der Waals surface area contributed by atoms with Crippen molar-refractivity contribution in [3.05, 3.63) is 25.4 Å². The largest absolute Gasteiger partial charge is 0.370 e. The van der Waals surface area contributed by atoms with E-state index in [1.54, 1.807) is 6.92 Å². The van der Waals surface area contributed by atoms with Crippen LogP contribution in [0, 0.1) is 0 Å². The maximum atomic E-state index is 11.4. The maximum Gasteiger partial charge on any atom is 0.370 e. The Bertz CT molecular complexity index is 316. The second-order valence-corrected chi connectivity index (χ2v) is 2.02. The van der Waals surface area contributed by atoms with Crippen LogP contribution in [0.1, 0.15) is 6.92 Å². The summed E-state index contributed by atoms with van der Waals surface area (Å²) in [5.74, 6) is 0. The summed E-state index contributed by atoms with van der Waals surface area (Å²) in [6, 6.07) is -0.425. The number of carbonyl (C=O) groups excluding carboxylic acids is 1. The van der Waals surface area contributed by atoms with Gasteiger partial charge in [0.2, 0.25) is 0 Å². The molecule has 0 radical (unpaired) electrons. The topological polar surface area (TPSA) is 63.4 Å². The highest BCUT2D eigenvalue weighted by Gasteiger charge is 2.10. The predicted octanol–water partition coefficient (Wildman–Crippen LogP) is 0.697. The molecule has 6 heteroatoms. The molecule has 68 valence electrons. The van der Waals surface area contributed by atoms with Gasteiger partial charge in [-0.1, -0.05) is 6.58 Å². The minimum absolute atomic E-state index is 0.425. The van der Waals surface area contributed by atoms with E-state index in [4.69, 9.17) is 0 Å². The second-order valence-electron chi connectivity index (χ2n) is 2.02. The zero-order valence-corrected chi connectivity index (χ0v) is 7.16.